The summed E-state index contributed by atoms with van der Waals surface area (Å²) < 4.78 is 3.65. The second kappa shape index (κ2) is 7.32. The van der Waals surface area contributed by atoms with Crippen molar-refractivity contribution in [2.24, 2.45) is 0 Å². The molecule has 0 aliphatic heterocycles. The Labute approximate surface area is 157 Å². The number of halogens is 2. The Balaban J connectivity index is 1.69. The van der Waals surface area contributed by atoms with E-state index in [1.807, 2.05) is 60.3 Å². The first-order valence-corrected chi connectivity index (χ1v) is 8.94. The summed E-state index contributed by atoms with van der Waals surface area (Å²) in [5.74, 6) is -0.132. The van der Waals surface area contributed by atoms with Crippen molar-refractivity contribution in [2.75, 3.05) is 5.32 Å². The Hall–Kier alpha value is -1.92. The van der Waals surface area contributed by atoms with Crippen molar-refractivity contribution in [3.63, 3.8) is 0 Å². The minimum Gasteiger partial charge on any atom is -0.321 e. The lowest BCUT2D eigenvalue weighted by Gasteiger charge is -2.09. The van der Waals surface area contributed by atoms with Crippen molar-refractivity contribution < 1.29 is 4.79 Å². The third kappa shape index (κ3) is 4.13. The molecule has 0 spiro atoms. The highest BCUT2D eigenvalue weighted by Gasteiger charge is 2.08. The Bertz CT molecular complexity index is 872. The largest absolute Gasteiger partial charge is 0.321 e. The van der Waals surface area contributed by atoms with Crippen LogP contribution < -0.4 is 5.32 Å². The van der Waals surface area contributed by atoms with E-state index in [0.29, 0.717) is 12.1 Å². The van der Waals surface area contributed by atoms with Gasteiger partial charge in [-0.2, -0.15) is 5.10 Å². The van der Waals surface area contributed by atoms with E-state index in [2.05, 4.69) is 42.3 Å². The Morgan fingerprint density at radius 1 is 1.17 bits per heavy atom. The lowest BCUT2D eigenvalue weighted by molar-refractivity contribution is 0.102. The van der Waals surface area contributed by atoms with E-state index >= 15 is 0 Å². The van der Waals surface area contributed by atoms with Crippen LogP contribution in [0.15, 0.2) is 63.8 Å². The van der Waals surface area contributed by atoms with E-state index in [4.69, 9.17) is 0 Å². The van der Waals surface area contributed by atoms with Gasteiger partial charge in [0, 0.05) is 16.2 Å². The SMILES string of the molecule is Cc1ccc(NC(=O)c2ccc(Cn3cc(Br)cn3)cc2)c(Br)c1. The second-order valence-corrected chi connectivity index (χ2v) is 7.26. The number of aromatic nitrogens is 2. The van der Waals surface area contributed by atoms with Gasteiger partial charge in [0.2, 0.25) is 0 Å². The molecule has 1 amide bonds. The number of carbonyl (C=O) groups is 1. The molecule has 6 heteroatoms. The zero-order valence-corrected chi connectivity index (χ0v) is 16.1. The molecular formula is C18H15Br2N3O. The topological polar surface area (TPSA) is 46.9 Å². The molecule has 122 valence electrons. The van der Waals surface area contributed by atoms with Crippen LogP contribution in [0.1, 0.15) is 21.5 Å². The molecule has 0 atom stereocenters. The van der Waals surface area contributed by atoms with Gasteiger partial charge >= 0.3 is 0 Å². The average molecular weight is 449 g/mol. The van der Waals surface area contributed by atoms with E-state index in [1.54, 1.807) is 6.20 Å². The highest BCUT2D eigenvalue weighted by molar-refractivity contribution is 9.10. The Morgan fingerprint density at radius 3 is 2.54 bits per heavy atom. The molecule has 0 radical (unpaired) electrons. The molecule has 4 nitrogen and oxygen atoms in total. The molecule has 3 aromatic rings. The van der Waals surface area contributed by atoms with Gasteiger partial charge in [0.25, 0.3) is 5.91 Å². The Morgan fingerprint density at radius 2 is 1.92 bits per heavy atom. The number of nitrogens with zero attached hydrogens (tertiary/aromatic N) is 2. The van der Waals surface area contributed by atoms with Crippen molar-refractivity contribution in [3.8, 4) is 0 Å². The smallest absolute Gasteiger partial charge is 0.255 e. The number of hydrogen-bond acceptors (Lipinski definition) is 2. The fraction of sp³-hybridized carbons (Fsp3) is 0.111. The predicted octanol–water partition coefficient (Wildman–Crippen LogP) is 5.02. The highest BCUT2D eigenvalue weighted by Crippen LogP contribution is 2.24. The van der Waals surface area contributed by atoms with Gasteiger partial charge in [-0.3, -0.25) is 9.48 Å². The summed E-state index contributed by atoms with van der Waals surface area (Å²) in [6, 6.07) is 13.4. The highest BCUT2D eigenvalue weighted by atomic mass is 79.9. The molecule has 1 N–H and O–H groups in total. The van der Waals surface area contributed by atoms with E-state index in [1.165, 1.54) is 0 Å². The minimum atomic E-state index is -0.132. The van der Waals surface area contributed by atoms with Crippen LogP contribution in [0.5, 0.6) is 0 Å². The summed E-state index contributed by atoms with van der Waals surface area (Å²) in [6.45, 7) is 2.67. The fourth-order valence-electron chi connectivity index (χ4n) is 2.29. The van der Waals surface area contributed by atoms with Crippen molar-refractivity contribution in [3.05, 3.63) is 80.5 Å². The van der Waals surface area contributed by atoms with Crippen LogP contribution >= 0.6 is 31.9 Å². The summed E-state index contributed by atoms with van der Waals surface area (Å²) >= 11 is 6.85. The number of nitrogens with one attached hydrogen (secondary N) is 1. The normalized spacial score (nSPS) is 10.6. The van der Waals surface area contributed by atoms with Crippen LogP contribution in [0.2, 0.25) is 0 Å². The Kier molecular flexibility index (Phi) is 5.16. The fourth-order valence-corrected chi connectivity index (χ4v) is 3.21. The number of benzene rings is 2. The summed E-state index contributed by atoms with van der Waals surface area (Å²) in [5.41, 5.74) is 3.59. The molecule has 1 heterocycles. The number of hydrogen-bond donors (Lipinski definition) is 1. The first-order valence-electron chi connectivity index (χ1n) is 7.36. The summed E-state index contributed by atoms with van der Waals surface area (Å²) in [5, 5.41) is 7.14. The third-order valence-corrected chi connectivity index (χ3v) is 4.60. The van der Waals surface area contributed by atoms with Gasteiger partial charge in [0.1, 0.15) is 0 Å². The van der Waals surface area contributed by atoms with Crippen LogP contribution in [0.4, 0.5) is 5.69 Å². The van der Waals surface area contributed by atoms with Crippen molar-refractivity contribution >= 4 is 43.5 Å². The molecule has 1 aromatic heterocycles. The lowest BCUT2D eigenvalue weighted by atomic mass is 10.1. The number of aryl methyl sites for hydroxylation is 1. The van der Waals surface area contributed by atoms with Crippen molar-refractivity contribution in [1.29, 1.82) is 0 Å². The van der Waals surface area contributed by atoms with Gasteiger partial charge in [-0.05, 0) is 74.2 Å². The van der Waals surface area contributed by atoms with Crippen LogP contribution in [-0.2, 0) is 6.54 Å². The van der Waals surface area contributed by atoms with Crippen molar-refractivity contribution in [2.45, 2.75) is 13.5 Å². The van der Waals surface area contributed by atoms with Gasteiger partial charge in [-0.15, -0.1) is 0 Å². The van der Waals surface area contributed by atoms with Gasteiger partial charge in [0.15, 0.2) is 0 Å². The maximum absolute atomic E-state index is 12.4. The van der Waals surface area contributed by atoms with E-state index < -0.39 is 0 Å². The molecule has 0 saturated carbocycles. The average Bonchev–Trinajstić information content (AvgIpc) is 2.96. The molecule has 0 aliphatic carbocycles. The number of carbonyl (C=O) groups excluding carboxylic acids is 1. The standard InChI is InChI=1S/C18H15Br2N3O/c1-12-2-7-17(16(20)8-12)22-18(24)14-5-3-13(4-6-14)10-23-11-15(19)9-21-23/h2-9,11H,10H2,1H3,(H,22,24). The summed E-state index contributed by atoms with van der Waals surface area (Å²) in [4.78, 5) is 12.4. The maximum atomic E-state index is 12.4. The second-order valence-electron chi connectivity index (χ2n) is 5.49. The van der Waals surface area contributed by atoms with E-state index in [9.17, 15) is 4.79 Å². The predicted molar refractivity (Wildman–Crippen MR) is 102 cm³/mol. The minimum absolute atomic E-state index is 0.132. The summed E-state index contributed by atoms with van der Waals surface area (Å²) in [7, 11) is 0. The molecule has 0 unspecified atom stereocenters. The quantitative estimate of drug-likeness (QED) is 0.609. The molecule has 2 aromatic carbocycles. The van der Waals surface area contributed by atoms with E-state index in [0.717, 1.165) is 25.8 Å². The molecule has 3 rings (SSSR count). The van der Waals surface area contributed by atoms with Gasteiger partial charge in [-0.1, -0.05) is 18.2 Å². The summed E-state index contributed by atoms with van der Waals surface area (Å²) in [6.07, 6.45) is 3.66. The lowest BCUT2D eigenvalue weighted by Crippen LogP contribution is -2.12. The van der Waals surface area contributed by atoms with Crippen LogP contribution in [0, 0.1) is 6.92 Å². The van der Waals surface area contributed by atoms with Gasteiger partial charge in [0.05, 0.1) is 22.9 Å². The zero-order chi connectivity index (χ0) is 17.1. The molecule has 0 aliphatic rings. The molecule has 24 heavy (non-hydrogen) atoms. The van der Waals surface area contributed by atoms with Crippen LogP contribution in [0.3, 0.4) is 0 Å². The molecular weight excluding hydrogens is 434 g/mol. The molecule has 0 bridgehead atoms. The van der Waals surface area contributed by atoms with E-state index in [-0.39, 0.29) is 5.91 Å². The third-order valence-electron chi connectivity index (χ3n) is 3.54. The van der Waals surface area contributed by atoms with Gasteiger partial charge < -0.3 is 5.32 Å². The van der Waals surface area contributed by atoms with Gasteiger partial charge in [-0.25, -0.2) is 0 Å². The van der Waals surface area contributed by atoms with Crippen LogP contribution in [-0.4, -0.2) is 15.7 Å². The van der Waals surface area contributed by atoms with Crippen LogP contribution in [0.25, 0.3) is 0 Å². The maximum Gasteiger partial charge on any atom is 0.255 e. The first-order chi connectivity index (χ1) is 11.5. The molecule has 0 fully saturated rings. The monoisotopic (exact) mass is 447 g/mol. The number of rotatable bonds is 4. The zero-order valence-electron chi connectivity index (χ0n) is 13.0. The number of amides is 1. The first kappa shape index (κ1) is 16.9. The molecule has 0 saturated heterocycles. The number of anilines is 1. The van der Waals surface area contributed by atoms with Crippen molar-refractivity contribution in [1.82, 2.24) is 9.78 Å².